The lowest BCUT2D eigenvalue weighted by molar-refractivity contribution is 0.0690. The second-order valence-corrected chi connectivity index (χ2v) is 9.58. The van der Waals surface area contributed by atoms with Crippen LogP contribution < -0.4 is 4.72 Å². The number of aromatic carboxylic acids is 1. The first-order valence-electron chi connectivity index (χ1n) is 10.6. The number of nitrogens with zero attached hydrogens (tertiary/aromatic N) is 2. The first-order valence-corrected chi connectivity index (χ1v) is 12.1. The molecule has 5 rings (SSSR count). The minimum absolute atomic E-state index is 0.0770. The summed E-state index contributed by atoms with van der Waals surface area (Å²) in [7, 11) is -1.93. The van der Waals surface area contributed by atoms with Crippen LogP contribution in [0.4, 0.5) is 5.69 Å². The molecule has 0 unspecified atom stereocenters. The number of aromatic nitrogens is 2. The lowest BCUT2D eigenvalue weighted by Crippen LogP contribution is -2.13. The maximum absolute atomic E-state index is 13.3. The number of carboxylic acids is 1. The average Bonchev–Trinajstić information content (AvgIpc) is 3.15. The third kappa shape index (κ3) is 4.21. The molecular formula is C27H19N3O4S. The number of para-hydroxylation sites is 2. The van der Waals surface area contributed by atoms with Gasteiger partial charge in [-0.3, -0.25) is 4.72 Å². The van der Waals surface area contributed by atoms with E-state index in [4.69, 9.17) is 5.11 Å². The highest BCUT2D eigenvalue weighted by Crippen LogP contribution is 2.30. The fourth-order valence-corrected chi connectivity index (χ4v) is 5.04. The topological polar surface area (TPSA) is 101 Å². The molecule has 0 fully saturated rings. The number of benzene rings is 3. The van der Waals surface area contributed by atoms with E-state index in [0.717, 1.165) is 21.8 Å². The molecule has 5 aromatic rings. The summed E-state index contributed by atoms with van der Waals surface area (Å²) in [6, 6.07) is 22.7. The van der Waals surface area contributed by atoms with Gasteiger partial charge in [-0.05, 0) is 48.5 Å². The van der Waals surface area contributed by atoms with Gasteiger partial charge in [-0.1, -0.05) is 42.2 Å². The molecule has 0 saturated carbocycles. The van der Waals surface area contributed by atoms with Gasteiger partial charge >= 0.3 is 5.97 Å². The van der Waals surface area contributed by atoms with Crippen LogP contribution >= 0.6 is 0 Å². The molecule has 0 amide bonds. The van der Waals surface area contributed by atoms with E-state index in [2.05, 4.69) is 21.5 Å². The van der Waals surface area contributed by atoms with Crippen LogP contribution in [0.3, 0.4) is 0 Å². The number of pyridine rings is 1. The van der Waals surface area contributed by atoms with E-state index in [1.54, 1.807) is 42.5 Å². The molecule has 2 aromatic heterocycles. The third-order valence-corrected chi connectivity index (χ3v) is 7.05. The van der Waals surface area contributed by atoms with Crippen LogP contribution in [-0.2, 0) is 17.1 Å². The van der Waals surface area contributed by atoms with Crippen molar-refractivity contribution in [3.8, 4) is 11.8 Å². The maximum atomic E-state index is 13.3. The van der Waals surface area contributed by atoms with Crippen LogP contribution in [-0.4, -0.2) is 29.0 Å². The summed E-state index contributed by atoms with van der Waals surface area (Å²) in [5, 5.41) is 10.8. The van der Waals surface area contributed by atoms with Crippen molar-refractivity contribution in [1.82, 2.24) is 9.55 Å². The quantitative estimate of drug-likeness (QED) is 0.365. The summed E-state index contributed by atoms with van der Waals surface area (Å²) in [5.41, 5.74) is 3.22. The second kappa shape index (κ2) is 8.63. The van der Waals surface area contributed by atoms with Gasteiger partial charge in [-0.15, -0.1) is 0 Å². The molecule has 0 aliphatic carbocycles. The number of rotatable bonds is 4. The van der Waals surface area contributed by atoms with Crippen LogP contribution in [0.5, 0.6) is 0 Å². The third-order valence-electron chi connectivity index (χ3n) is 5.69. The maximum Gasteiger partial charge on any atom is 0.354 e. The van der Waals surface area contributed by atoms with Crippen molar-refractivity contribution < 1.29 is 18.3 Å². The molecule has 0 radical (unpaired) electrons. The minimum Gasteiger partial charge on any atom is -0.477 e. The van der Waals surface area contributed by atoms with Gasteiger partial charge in [0.25, 0.3) is 10.0 Å². The minimum atomic E-state index is -3.89. The highest BCUT2D eigenvalue weighted by Gasteiger charge is 2.18. The fourth-order valence-electron chi connectivity index (χ4n) is 3.93. The SMILES string of the molecule is Cn1c2ccccc2c2cc(S(=O)(=O)Nc3ccccc3C#Cc3ccc(C(=O)O)nc3)ccc21. The molecule has 0 spiro atoms. The molecule has 0 aliphatic rings. The number of aryl methyl sites for hydroxylation is 1. The van der Waals surface area contributed by atoms with Gasteiger partial charge in [-0.25, -0.2) is 18.2 Å². The summed E-state index contributed by atoms with van der Waals surface area (Å²) < 4.78 is 31.3. The lowest BCUT2D eigenvalue weighted by atomic mass is 10.1. The zero-order valence-electron chi connectivity index (χ0n) is 18.6. The Balaban J connectivity index is 1.49. The van der Waals surface area contributed by atoms with Crippen molar-refractivity contribution in [2.45, 2.75) is 4.90 Å². The van der Waals surface area contributed by atoms with Crippen LogP contribution in [0, 0.1) is 11.8 Å². The van der Waals surface area contributed by atoms with E-state index in [9.17, 15) is 13.2 Å². The molecule has 0 aliphatic heterocycles. The van der Waals surface area contributed by atoms with E-state index < -0.39 is 16.0 Å². The molecule has 172 valence electrons. The fraction of sp³-hybridized carbons (Fsp3) is 0.0370. The van der Waals surface area contributed by atoms with Crippen molar-refractivity contribution in [1.29, 1.82) is 0 Å². The Morgan fingerprint density at radius 3 is 2.43 bits per heavy atom. The van der Waals surface area contributed by atoms with Crippen molar-refractivity contribution in [2.75, 3.05) is 4.72 Å². The van der Waals surface area contributed by atoms with Gasteiger partial charge in [0.05, 0.1) is 10.6 Å². The Labute approximate surface area is 201 Å². The Morgan fingerprint density at radius 1 is 0.914 bits per heavy atom. The molecule has 8 heteroatoms. The zero-order chi connectivity index (χ0) is 24.6. The van der Waals surface area contributed by atoms with Crippen molar-refractivity contribution in [3.63, 3.8) is 0 Å². The zero-order valence-corrected chi connectivity index (χ0v) is 19.4. The number of anilines is 1. The number of hydrogen-bond donors (Lipinski definition) is 2. The monoisotopic (exact) mass is 481 g/mol. The number of fused-ring (bicyclic) bond motifs is 3. The molecular weight excluding hydrogens is 462 g/mol. The summed E-state index contributed by atoms with van der Waals surface area (Å²) in [6.07, 6.45) is 1.36. The van der Waals surface area contributed by atoms with Gasteiger partial charge in [-0.2, -0.15) is 0 Å². The Kier molecular flexibility index (Phi) is 5.47. The predicted octanol–water partition coefficient (Wildman–Crippen LogP) is 4.63. The molecule has 0 bridgehead atoms. The molecule has 0 atom stereocenters. The highest BCUT2D eigenvalue weighted by atomic mass is 32.2. The van der Waals surface area contributed by atoms with Gasteiger partial charge in [0.1, 0.15) is 5.69 Å². The number of hydrogen-bond acceptors (Lipinski definition) is 4. The van der Waals surface area contributed by atoms with E-state index in [1.165, 1.54) is 12.3 Å². The second-order valence-electron chi connectivity index (χ2n) is 7.89. The number of carboxylic acid groups (broad SMARTS) is 1. The number of sulfonamides is 1. The number of nitrogens with one attached hydrogen (secondary N) is 1. The van der Waals surface area contributed by atoms with Crippen LogP contribution in [0.15, 0.2) is 90.0 Å². The normalized spacial score (nSPS) is 11.2. The molecule has 7 nitrogen and oxygen atoms in total. The van der Waals surface area contributed by atoms with Gasteiger partial charge in [0.15, 0.2) is 0 Å². The first kappa shape index (κ1) is 22.2. The van der Waals surface area contributed by atoms with Gasteiger partial charge < -0.3 is 9.67 Å². The van der Waals surface area contributed by atoms with Gasteiger partial charge in [0.2, 0.25) is 0 Å². The van der Waals surface area contributed by atoms with E-state index in [1.807, 2.05) is 41.9 Å². The standard InChI is InChI=1S/C27H19N3O4S/c1-30-25-9-5-3-7-21(25)22-16-20(13-15-26(22)30)35(33,34)29-23-8-4-2-6-19(23)12-10-18-11-14-24(27(31)32)28-17-18/h2-9,11,13-17,29H,1H3,(H,31,32). The van der Waals surface area contributed by atoms with Gasteiger partial charge in [0, 0.05) is 46.2 Å². The number of carbonyl (C=O) groups is 1. The van der Waals surface area contributed by atoms with Crippen LogP contribution in [0.2, 0.25) is 0 Å². The summed E-state index contributed by atoms with van der Waals surface area (Å²) in [4.78, 5) is 15.0. The molecule has 3 aromatic carbocycles. The highest BCUT2D eigenvalue weighted by molar-refractivity contribution is 7.92. The van der Waals surface area contributed by atoms with Crippen molar-refractivity contribution in [2.24, 2.45) is 7.05 Å². The Morgan fingerprint density at radius 2 is 1.66 bits per heavy atom. The Hall–Kier alpha value is -4.61. The summed E-state index contributed by atoms with van der Waals surface area (Å²) >= 11 is 0. The smallest absolute Gasteiger partial charge is 0.354 e. The van der Waals surface area contributed by atoms with Crippen molar-refractivity contribution >= 4 is 43.5 Å². The molecule has 35 heavy (non-hydrogen) atoms. The predicted molar refractivity (Wildman–Crippen MR) is 135 cm³/mol. The van der Waals surface area contributed by atoms with E-state index >= 15 is 0 Å². The summed E-state index contributed by atoms with van der Waals surface area (Å²) in [5.74, 6) is 4.72. The lowest BCUT2D eigenvalue weighted by Gasteiger charge is -2.10. The largest absolute Gasteiger partial charge is 0.477 e. The summed E-state index contributed by atoms with van der Waals surface area (Å²) in [6.45, 7) is 0. The average molecular weight is 482 g/mol. The molecule has 2 heterocycles. The van der Waals surface area contributed by atoms with E-state index in [0.29, 0.717) is 16.8 Å². The van der Waals surface area contributed by atoms with E-state index in [-0.39, 0.29) is 10.6 Å². The molecule has 0 saturated heterocycles. The first-order chi connectivity index (χ1) is 16.8. The van der Waals surface area contributed by atoms with Crippen LogP contribution in [0.1, 0.15) is 21.6 Å². The van der Waals surface area contributed by atoms with Crippen molar-refractivity contribution in [3.05, 3.63) is 102 Å². The molecule has 2 N–H and O–H groups in total. The van der Waals surface area contributed by atoms with Crippen LogP contribution in [0.25, 0.3) is 21.8 Å². The Bertz CT molecular complexity index is 1780.